The fourth-order valence-corrected chi connectivity index (χ4v) is 2.31. The topological polar surface area (TPSA) is 94.5 Å². The Bertz CT molecular complexity index is 735. The van der Waals surface area contributed by atoms with E-state index < -0.39 is 4.92 Å². The highest BCUT2D eigenvalue weighted by atomic mass is 16.6. The fourth-order valence-electron chi connectivity index (χ4n) is 2.31. The van der Waals surface area contributed by atoms with Crippen LogP contribution in [0.4, 0.5) is 11.7 Å². The molecule has 0 aliphatic carbocycles. The SMILES string of the molecule is Cc1nc(C=Cc2ccc([N+](=O)[O-])o2)cc(N2CCOCC2)n1. The van der Waals surface area contributed by atoms with Gasteiger partial charge in [0.1, 0.15) is 22.3 Å². The molecule has 8 heteroatoms. The lowest BCUT2D eigenvalue weighted by atomic mass is 10.3. The number of hydrogen-bond donors (Lipinski definition) is 0. The van der Waals surface area contributed by atoms with Crippen LogP contribution in [-0.2, 0) is 4.74 Å². The van der Waals surface area contributed by atoms with E-state index in [-0.39, 0.29) is 5.88 Å². The minimum Gasteiger partial charge on any atom is -0.401 e. The Labute approximate surface area is 132 Å². The summed E-state index contributed by atoms with van der Waals surface area (Å²) in [6.07, 6.45) is 3.40. The van der Waals surface area contributed by atoms with Crippen molar-refractivity contribution in [3.05, 3.63) is 45.6 Å². The number of nitrogens with zero attached hydrogens (tertiary/aromatic N) is 4. The van der Waals surface area contributed by atoms with E-state index in [0.29, 0.717) is 24.8 Å². The predicted octanol–water partition coefficient (Wildman–Crippen LogP) is 2.29. The first-order valence-corrected chi connectivity index (χ1v) is 7.22. The van der Waals surface area contributed by atoms with Gasteiger partial charge in [-0.15, -0.1) is 0 Å². The van der Waals surface area contributed by atoms with Crippen LogP contribution in [0, 0.1) is 17.0 Å². The van der Waals surface area contributed by atoms with E-state index >= 15 is 0 Å². The molecule has 0 N–H and O–H groups in total. The van der Waals surface area contributed by atoms with Crippen LogP contribution in [0.25, 0.3) is 12.2 Å². The molecule has 0 aromatic carbocycles. The molecule has 1 saturated heterocycles. The fraction of sp³-hybridized carbons (Fsp3) is 0.333. The number of ether oxygens (including phenoxy) is 1. The van der Waals surface area contributed by atoms with Crippen molar-refractivity contribution in [2.45, 2.75) is 6.92 Å². The number of furan rings is 1. The van der Waals surface area contributed by atoms with Crippen molar-refractivity contribution in [1.82, 2.24) is 9.97 Å². The minimum absolute atomic E-state index is 0.280. The Balaban J connectivity index is 1.80. The quantitative estimate of drug-likeness (QED) is 0.631. The normalized spacial score (nSPS) is 15.3. The molecule has 0 bridgehead atoms. The van der Waals surface area contributed by atoms with Gasteiger partial charge < -0.3 is 14.1 Å². The third-order valence-electron chi connectivity index (χ3n) is 3.39. The Hall–Kier alpha value is -2.74. The monoisotopic (exact) mass is 316 g/mol. The lowest BCUT2D eigenvalue weighted by Crippen LogP contribution is -2.36. The van der Waals surface area contributed by atoms with Crippen molar-refractivity contribution in [3.63, 3.8) is 0 Å². The number of aromatic nitrogens is 2. The molecule has 0 amide bonds. The summed E-state index contributed by atoms with van der Waals surface area (Å²) in [4.78, 5) is 21.0. The summed E-state index contributed by atoms with van der Waals surface area (Å²) in [6.45, 7) is 4.79. The highest BCUT2D eigenvalue weighted by molar-refractivity contribution is 5.67. The Morgan fingerprint density at radius 1 is 1.26 bits per heavy atom. The van der Waals surface area contributed by atoms with E-state index in [1.54, 1.807) is 18.2 Å². The molecule has 23 heavy (non-hydrogen) atoms. The maximum absolute atomic E-state index is 10.6. The van der Waals surface area contributed by atoms with Crippen LogP contribution in [0.5, 0.6) is 0 Å². The third-order valence-corrected chi connectivity index (χ3v) is 3.39. The zero-order valence-corrected chi connectivity index (χ0v) is 12.6. The van der Waals surface area contributed by atoms with Gasteiger partial charge in [-0.25, -0.2) is 9.97 Å². The van der Waals surface area contributed by atoms with Crippen LogP contribution in [0.1, 0.15) is 17.3 Å². The average molecular weight is 316 g/mol. The van der Waals surface area contributed by atoms with Gasteiger partial charge in [0.2, 0.25) is 0 Å². The molecule has 1 aliphatic rings. The van der Waals surface area contributed by atoms with Gasteiger partial charge in [0.15, 0.2) is 0 Å². The van der Waals surface area contributed by atoms with Crippen LogP contribution in [0.3, 0.4) is 0 Å². The smallest absolute Gasteiger partial charge is 0.401 e. The van der Waals surface area contributed by atoms with Crippen LogP contribution in [0.2, 0.25) is 0 Å². The van der Waals surface area contributed by atoms with Crippen molar-refractivity contribution in [2.24, 2.45) is 0 Å². The predicted molar refractivity (Wildman–Crippen MR) is 84.1 cm³/mol. The van der Waals surface area contributed by atoms with Gasteiger partial charge in [-0.1, -0.05) is 0 Å². The lowest BCUT2D eigenvalue weighted by Gasteiger charge is -2.28. The van der Waals surface area contributed by atoms with E-state index in [9.17, 15) is 10.1 Å². The first-order valence-electron chi connectivity index (χ1n) is 7.22. The summed E-state index contributed by atoms with van der Waals surface area (Å²) in [5, 5.41) is 10.6. The molecule has 0 atom stereocenters. The van der Waals surface area contributed by atoms with Crippen LogP contribution >= 0.6 is 0 Å². The summed E-state index contributed by atoms with van der Waals surface area (Å²) in [6, 6.07) is 4.75. The van der Waals surface area contributed by atoms with E-state index in [1.165, 1.54) is 6.07 Å². The Morgan fingerprint density at radius 3 is 2.74 bits per heavy atom. The van der Waals surface area contributed by atoms with Crippen LogP contribution < -0.4 is 4.90 Å². The molecule has 1 aliphatic heterocycles. The maximum Gasteiger partial charge on any atom is 0.433 e. The van der Waals surface area contributed by atoms with Crippen LogP contribution in [0.15, 0.2) is 22.6 Å². The lowest BCUT2D eigenvalue weighted by molar-refractivity contribution is -0.402. The maximum atomic E-state index is 10.6. The average Bonchev–Trinajstić information content (AvgIpc) is 3.03. The molecular weight excluding hydrogens is 300 g/mol. The largest absolute Gasteiger partial charge is 0.433 e. The zero-order valence-electron chi connectivity index (χ0n) is 12.6. The van der Waals surface area contributed by atoms with Gasteiger partial charge in [-0.3, -0.25) is 10.1 Å². The molecule has 3 heterocycles. The van der Waals surface area contributed by atoms with E-state index in [0.717, 1.165) is 24.6 Å². The molecule has 120 valence electrons. The standard InChI is InChI=1S/C15H16N4O4/c1-11-16-12(2-3-13-4-5-15(23-13)19(20)21)10-14(17-11)18-6-8-22-9-7-18/h2-5,10H,6-9H2,1H3. The molecule has 0 spiro atoms. The Morgan fingerprint density at radius 2 is 2.04 bits per heavy atom. The molecule has 0 unspecified atom stereocenters. The van der Waals surface area contributed by atoms with Crippen molar-refractivity contribution in [1.29, 1.82) is 0 Å². The molecule has 0 saturated carbocycles. The molecule has 2 aromatic rings. The number of nitro groups is 1. The summed E-state index contributed by atoms with van der Waals surface area (Å²) in [5.74, 6) is 1.64. The van der Waals surface area contributed by atoms with Crippen LogP contribution in [-0.4, -0.2) is 41.2 Å². The van der Waals surface area contributed by atoms with Gasteiger partial charge >= 0.3 is 5.88 Å². The molecule has 1 fully saturated rings. The number of morpholine rings is 1. The second kappa shape index (κ2) is 6.57. The van der Waals surface area contributed by atoms with E-state index in [1.807, 2.05) is 13.0 Å². The van der Waals surface area contributed by atoms with Crippen molar-refractivity contribution >= 4 is 23.9 Å². The molecule has 0 radical (unpaired) electrons. The Kier molecular flexibility index (Phi) is 4.33. The summed E-state index contributed by atoms with van der Waals surface area (Å²) in [5.41, 5.74) is 0.720. The minimum atomic E-state index is -0.567. The summed E-state index contributed by atoms with van der Waals surface area (Å²) >= 11 is 0. The third kappa shape index (κ3) is 3.72. The van der Waals surface area contributed by atoms with Gasteiger partial charge in [0.05, 0.1) is 25.0 Å². The van der Waals surface area contributed by atoms with Gasteiger partial charge in [-0.2, -0.15) is 0 Å². The van der Waals surface area contributed by atoms with Gasteiger partial charge in [-0.05, 0) is 25.1 Å². The number of aryl methyl sites for hydroxylation is 1. The van der Waals surface area contributed by atoms with Gasteiger partial charge in [0.25, 0.3) is 0 Å². The van der Waals surface area contributed by atoms with E-state index in [4.69, 9.17) is 9.15 Å². The number of hydrogen-bond acceptors (Lipinski definition) is 7. The molecule has 8 nitrogen and oxygen atoms in total. The van der Waals surface area contributed by atoms with E-state index in [2.05, 4.69) is 14.9 Å². The van der Waals surface area contributed by atoms with Crippen molar-refractivity contribution < 1.29 is 14.1 Å². The first kappa shape index (κ1) is 15.2. The van der Waals surface area contributed by atoms with Crippen molar-refractivity contribution in [2.75, 3.05) is 31.2 Å². The molecule has 3 rings (SSSR count). The highest BCUT2D eigenvalue weighted by Gasteiger charge is 2.14. The summed E-state index contributed by atoms with van der Waals surface area (Å²) < 4.78 is 10.4. The second-order valence-corrected chi connectivity index (χ2v) is 5.06. The van der Waals surface area contributed by atoms with Gasteiger partial charge in [0, 0.05) is 19.2 Å². The summed E-state index contributed by atoms with van der Waals surface area (Å²) in [7, 11) is 0. The zero-order chi connectivity index (χ0) is 16.2. The molecular formula is C15H16N4O4. The second-order valence-electron chi connectivity index (χ2n) is 5.06. The number of anilines is 1. The number of rotatable bonds is 4. The molecule has 2 aromatic heterocycles. The highest BCUT2D eigenvalue weighted by Crippen LogP contribution is 2.19. The van der Waals surface area contributed by atoms with Crippen molar-refractivity contribution in [3.8, 4) is 0 Å². The first-order chi connectivity index (χ1) is 11.1.